The first-order chi connectivity index (χ1) is 12.1. The summed E-state index contributed by atoms with van der Waals surface area (Å²) < 4.78 is 5.74. The molecule has 1 amide bonds. The Hall–Kier alpha value is -1.79. The van der Waals surface area contributed by atoms with E-state index in [1.165, 1.54) is 0 Å². The molecule has 0 spiro atoms. The monoisotopic (exact) mass is 413 g/mol. The molecule has 1 unspecified atom stereocenters. The fourth-order valence-corrected chi connectivity index (χ4v) is 2.50. The molecule has 0 aliphatic heterocycles. The lowest BCUT2D eigenvalue weighted by molar-refractivity contribution is -0.117. The van der Waals surface area contributed by atoms with Gasteiger partial charge in [0.2, 0.25) is 5.91 Å². The second-order valence-electron chi connectivity index (χ2n) is 5.78. The van der Waals surface area contributed by atoms with Gasteiger partial charge in [0.05, 0.1) is 0 Å². The van der Waals surface area contributed by atoms with Crippen LogP contribution in [0.2, 0.25) is 0 Å². The third-order valence-electron chi connectivity index (χ3n) is 4.13. The number of amides is 1. The number of hydrogen-bond donors (Lipinski definition) is 2. The van der Waals surface area contributed by atoms with E-state index in [9.17, 15) is 4.79 Å². The lowest BCUT2D eigenvalue weighted by Crippen LogP contribution is -2.28. The van der Waals surface area contributed by atoms with Crippen LogP contribution in [0.1, 0.15) is 25.5 Å². The summed E-state index contributed by atoms with van der Waals surface area (Å²) in [5, 5.41) is 2.83. The van der Waals surface area contributed by atoms with Crippen LogP contribution in [0.5, 0.6) is 5.75 Å². The molecular weight excluding hydrogens is 385 g/mol. The van der Waals surface area contributed by atoms with Gasteiger partial charge in [-0.25, -0.2) is 0 Å². The van der Waals surface area contributed by atoms with E-state index in [1.54, 1.807) is 0 Å². The van der Waals surface area contributed by atoms with E-state index in [4.69, 9.17) is 10.5 Å². The van der Waals surface area contributed by atoms with Gasteiger partial charge >= 0.3 is 0 Å². The molecule has 27 heavy (non-hydrogen) atoms. The molecule has 0 aliphatic rings. The van der Waals surface area contributed by atoms with Crippen LogP contribution in [0.4, 0.5) is 5.69 Å². The van der Waals surface area contributed by atoms with Crippen molar-refractivity contribution in [2.24, 2.45) is 5.73 Å². The normalized spacial score (nSPS) is 11.1. The van der Waals surface area contributed by atoms with Crippen LogP contribution >= 0.6 is 24.8 Å². The van der Waals surface area contributed by atoms with E-state index in [-0.39, 0.29) is 30.7 Å². The Morgan fingerprint density at radius 2 is 1.63 bits per heavy atom. The standard InChI is InChI=1S/C20H27N3O2.2ClH/c1-3-23(4-2)14-15-25-18-12-10-17(11-13-18)22-20(24)19(21)16-8-6-5-7-9-16;;/h5-13,19H,3-4,14-15,21H2,1-2H3,(H,22,24);2*1H. The molecule has 1 atom stereocenters. The number of anilines is 1. The topological polar surface area (TPSA) is 67.6 Å². The Kier molecular flexibility index (Phi) is 12.5. The highest BCUT2D eigenvalue weighted by Crippen LogP contribution is 2.18. The number of nitrogens with two attached hydrogens (primary N) is 1. The van der Waals surface area contributed by atoms with E-state index in [1.807, 2.05) is 54.6 Å². The molecular formula is C20H29Cl2N3O2. The number of nitrogens with zero attached hydrogens (tertiary/aromatic N) is 1. The van der Waals surface area contributed by atoms with Crippen molar-refractivity contribution in [2.75, 3.05) is 31.6 Å². The van der Waals surface area contributed by atoms with E-state index in [0.29, 0.717) is 12.3 Å². The molecule has 2 rings (SSSR count). The van der Waals surface area contributed by atoms with Gasteiger partial charge in [0.15, 0.2) is 0 Å². The van der Waals surface area contributed by atoms with Crippen molar-refractivity contribution in [1.82, 2.24) is 4.90 Å². The van der Waals surface area contributed by atoms with Crippen LogP contribution in [-0.4, -0.2) is 37.0 Å². The zero-order valence-electron chi connectivity index (χ0n) is 15.8. The van der Waals surface area contributed by atoms with Crippen molar-refractivity contribution < 1.29 is 9.53 Å². The van der Waals surface area contributed by atoms with Crippen LogP contribution in [0.25, 0.3) is 0 Å². The van der Waals surface area contributed by atoms with Gasteiger partial charge in [-0.1, -0.05) is 44.2 Å². The first-order valence-electron chi connectivity index (χ1n) is 8.70. The Balaban J connectivity index is 0.00000338. The Morgan fingerprint density at radius 3 is 2.19 bits per heavy atom. The van der Waals surface area contributed by atoms with Crippen molar-refractivity contribution in [3.05, 3.63) is 60.2 Å². The van der Waals surface area contributed by atoms with Crippen LogP contribution < -0.4 is 15.8 Å². The molecule has 0 radical (unpaired) electrons. The summed E-state index contributed by atoms with van der Waals surface area (Å²) in [4.78, 5) is 14.5. The third-order valence-corrected chi connectivity index (χ3v) is 4.13. The van der Waals surface area contributed by atoms with Crippen LogP contribution in [0, 0.1) is 0 Å². The highest BCUT2D eigenvalue weighted by Gasteiger charge is 2.15. The van der Waals surface area contributed by atoms with Crippen molar-refractivity contribution in [3.8, 4) is 5.75 Å². The largest absolute Gasteiger partial charge is 0.492 e. The lowest BCUT2D eigenvalue weighted by Gasteiger charge is -2.18. The number of nitrogens with one attached hydrogen (secondary N) is 1. The molecule has 0 heterocycles. The van der Waals surface area contributed by atoms with Gasteiger partial charge in [0.1, 0.15) is 18.4 Å². The molecule has 0 saturated carbocycles. The molecule has 2 aromatic carbocycles. The molecule has 150 valence electrons. The minimum atomic E-state index is -0.689. The summed E-state index contributed by atoms with van der Waals surface area (Å²) in [5.74, 6) is 0.555. The molecule has 0 saturated heterocycles. The SMILES string of the molecule is CCN(CC)CCOc1ccc(NC(=O)C(N)c2ccccc2)cc1.Cl.Cl. The number of hydrogen-bond acceptors (Lipinski definition) is 4. The number of ether oxygens (including phenoxy) is 1. The van der Waals surface area contributed by atoms with Gasteiger partial charge < -0.3 is 20.7 Å². The van der Waals surface area contributed by atoms with Gasteiger partial charge in [0, 0.05) is 12.2 Å². The van der Waals surface area contributed by atoms with Gasteiger partial charge in [-0.15, -0.1) is 24.8 Å². The number of likely N-dealkylation sites (N-methyl/N-ethyl adjacent to an activating group) is 1. The van der Waals surface area contributed by atoms with Crippen molar-refractivity contribution in [3.63, 3.8) is 0 Å². The number of carbonyl (C=O) groups excluding carboxylic acids is 1. The lowest BCUT2D eigenvalue weighted by atomic mass is 10.1. The average molecular weight is 414 g/mol. The minimum Gasteiger partial charge on any atom is -0.492 e. The highest BCUT2D eigenvalue weighted by molar-refractivity contribution is 5.95. The van der Waals surface area contributed by atoms with Gasteiger partial charge in [-0.05, 0) is 42.9 Å². The first kappa shape index (κ1) is 25.2. The molecule has 5 nitrogen and oxygen atoms in total. The van der Waals surface area contributed by atoms with E-state index >= 15 is 0 Å². The number of benzene rings is 2. The Labute approximate surface area is 174 Å². The Bertz CT molecular complexity index is 650. The summed E-state index contributed by atoms with van der Waals surface area (Å²) in [6.07, 6.45) is 0. The molecule has 0 aromatic heterocycles. The maximum absolute atomic E-state index is 12.2. The number of halogens is 2. The first-order valence-corrected chi connectivity index (χ1v) is 8.70. The average Bonchev–Trinajstić information content (AvgIpc) is 2.66. The van der Waals surface area contributed by atoms with Gasteiger partial charge in [0.25, 0.3) is 0 Å². The van der Waals surface area contributed by atoms with Crippen LogP contribution in [0.15, 0.2) is 54.6 Å². The molecule has 3 N–H and O–H groups in total. The second-order valence-corrected chi connectivity index (χ2v) is 5.78. The quantitative estimate of drug-likeness (QED) is 0.653. The summed E-state index contributed by atoms with van der Waals surface area (Å²) in [6, 6.07) is 16.0. The van der Waals surface area contributed by atoms with Crippen molar-refractivity contribution >= 4 is 36.4 Å². The number of rotatable bonds is 9. The maximum atomic E-state index is 12.2. The molecule has 0 aliphatic carbocycles. The Morgan fingerprint density at radius 1 is 1.04 bits per heavy atom. The summed E-state index contributed by atoms with van der Waals surface area (Å²) in [7, 11) is 0. The van der Waals surface area contributed by atoms with E-state index < -0.39 is 6.04 Å². The van der Waals surface area contributed by atoms with Crippen molar-refractivity contribution in [2.45, 2.75) is 19.9 Å². The molecule has 2 aromatic rings. The summed E-state index contributed by atoms with van der Waals surface area (Å²) >= 11 is 0. The molecule has 7 heteroatoms. The van der Waals surface area contributed by atoms with Gasteiger partial charge in [-0.2, -0.15) is 0 Å². The fourth-order valence-electron chi connectivity index (χ4n) is 2.50. The summed E-state index contributed by atoms with van der Waals surface area (Å²) in [5.41, 5.74) is 7.48. The third kappa shape index (κ3) is 8.18. The number of carbonyl (C=O) groups is 1. The zero-order chi connectivity index (χ0) is 18.1. The van der Waals surface area contributed by atoms with Crippen LogP contribution in [0.3, 0.4) is 0 Å². The smallest absolute Gasteiger partial charge is 0.245 e. The molecule has 0 bridgehead atoms. The van der Waals surface area contributed by atoms with Crippen molar-refractivity contribution in [1.29, 1.82) is 0 Å². The predicted molar refractivity (Wildman–Crippen MR) is 116 cm³/mol. The van der Waals surface area contributed by atoms with E-state index in [0.717, 1.165) is 30.9 Å². The minimum absolute atomic E-state index is 0. The van der Waals surface area contributed by atoms with E-state index in [2.05, 4.69) is 24.1 Å². The predicted octanol–water partition coefficient (Wildman–Crippen LogP) is 3.89. The fraction of sp³-hybridized carbons (Fsp3) is 0.350. The highest BCUT2D eigenvalue weighted by atomic mass is 35.5. The second kappa shape index (κ2) is 13.4. The maximum Gasteiger partial charge on any atom is 0.245 e. The summed E-state index contributed by atoms with van der Waals surface area (Å²) in [6.45, 7) is 7.87. The van der Waals surface area contributed by atoms with Crippen LogP contribution in [-0.2, 0) is 4.79 Å². The molecule has 0 fully saturated rings. The van der Waals surface area contributed by atoms with Gasteiger partial charge in [-0.3, -0.25) is 4.79 Å². The zero-order valence-corrected chi connectivity index (χ0v) is 17.4.